The van der Waals surface area contributed by atoms with Gasteiger partial charge in [-0.2, -0.15) is 0 Å². The molecule has 0 aliphatic carbocycles. The minimum Gasteiger partial charge on any atom is -0.298 e. The highest BCUT2D eigenvalue weighted by molar-refractivity contribution is 5.79. The number of carbonyl (C=O) groups excluding carboxylic acids is 1. The van der Waals surface area contributed by atoms with E-state index in [2.05, 4.69) is 4.98 Å². The van der Waals surface area contributed by atoms with Crippen LogP contribution in [0.4, 0.5) is 5.69 Å². The molecule has 0 N–H and O–H groups in total. The summed E-state index contributed by atoms with van der Waals surface area (Å²) in [7, 11) is 0. The topological polar surface area (TPSA) is 45.2 Å². The molecule has 0 radical (unpaired) electrons. The van der Waals surface area contributed by atoms with Crippen molar-refractivity contribution in [3.8, 4) is 0 Å². The lowest BCUT2D eigenvalue weighted by Crippen LogP contribution is -1.87. The molecule has 1 aromatic rings. The van der Waals surface area contributed by atoms with Crippen LogP contribution in [0.3, 0.4) is 0 Å². The standard InChI is InChI=1S/C9H9N2O/c1-6-4-9(11-10)7(2)3-8(6)5-12/h3-5H,1-2H3/q+1. The second-order valence-corrected chi connectivity index (χ2v) is 2.71. The normalized spacial score (nSPS) is 9.08. The number of diazo groups is 1. The van der Waals surface area contributed by atoms with Crippen LogP contribution in [0.1, 0.15) is 21.5 Å². The summed E-state index contributed by atoms with van der Waals surface area (Å²) in [5.74, 6) is 0. The molecule has 0 saturated carbocycles. The van der Waals surface area contributed by atoms with Crippen molar-refractivity contribution < 1.29 is 4.79 Å². The number of benzene rings is 1. The van der Waals surface area contributed by atoms with Gasteiger partial charge in [0.15, 0.2) is 4.98 Å². The molecule has 0 aliphatic rings. The van der Waals surface area contributed by atoms with Crippen LogP contribution in [0.25, 0.3) is 4.98 Å². The number of nitrogens with zero attached hydrogens (tertiary/aromatic N) is 2. The Morgan fingerprint density at radius 3 is 2.50 bits per heavy atom. The van der Waals surface area contributed by atoms with E-state index in [-0.39, 0.29) is 0 Å². The smallest absolute Gasteiger partial charge is 0.298 e. The van der Waals surface area contributed by atoms with E-state index in [1.54, 1.807) is 26.0 Å². The molecule has 0 aromatic heterocycles. The molecule has 0 aliphatic heterocycles. The first-order valence-electron chi connectivity index (χ1n) is 3.60. The molecule has 0 bridgehead atoms. The van der Waals surface area contributed by atoms with Crippen molar-refractivity contribution >= 4 is 12.0 Å². The predicted octanol–water partition coefficient (Wildman–Crippen LogP) is 2.60. The van der Waals surface area contributed by atoms with Gasteiger partial charge in [-0.15, -0.1) is 0 Å². The Balaban J connectivity index is 3.38. The molecular weight excluding hydrogens is 152 g/mol. The largest absolute Gasteiger partial charge is 0.388 e. The maximum absolute atomic E-state index is 10.5. The summed E-state index contributed by atoms with van der Waals surface area (Å²) in [5, 5.41) is 8.54. The van der Waals surface area contributed by atoms with Crippen molar-refractivity contribution in [2.45, 2.75) is 13.8 Å². The molecule has 0 spiro atoms. The van der Waals surface area contributed by atoms with E-state index >= 15 is 0 Å². The molecule has 1 aromatic carbocycles. The van der Waals surface area contributed by atoms with Crippen molar-refractivity contribution in [2.24, 2.45) is 0 Å². The monoisotopic (exact) mass is 161 g/mol. The zero-order valence-corrected chi connectivity index (χ0v) is 7.03. The van der Waals surface area contributed by atoms with Crippen molar-refractivity contribution in [1.82, 2.24) is 0 Å². The molecule has 0 fully saturated rings. The van der Waals surface area contributed by atoms with E-state index in [0.29, 0.717) is 11.3 Å². The molecular formula is C9H9N2O+. The maximum atomic E-state index is 10.5. The molecule has 60 valence electrons. The van der Waals surface area contributed by atoms with Gasteiger partial charge in [-0.25, -0.2) is 0 Å². The average Bonchev–Trinajstić information content (AvgIpc) is 2.08. The molecule has 0 amide bonds. The fourth-order valence-electron chi connectivity index (χ4n) is 1.06. The van der Waals surface area contributed by atoms with Crippen LogP contribution in [-0.2, 0) is 0 Å². The fourth-order valence-corrected chi connectivity index (χ4v) is 1.06. The van der Waals surface area contributed by atoms with Gasteiger partial charge in [0.1, 0.15) is 6.29 Å². The van der Waals surface area contributed by atoms with E-state index in [0.717, 1.165) is 17.4 Å². The van der Waals surface area contributed by atoms with Crippen molar-refractivity contribution in [3.63, 3.8) is 0 Å². The van der Waals surface area contributed by atoms with Crippen molar-refractivity contribution in [3.05, 3.63) is 33.8 Å². The molecule has 1 rings (SSSR count). The molecule has 12 heavy (non-hydrogen) atoms. The van der Waals surface area contributed by atoms with Gasteiger partial charge >= 0.3 is 5.69 Å². The lowest BCUT2D eigenvalue weighted by Gasteiger charge is -1.95. The third-order valence-corrected chi connectivity index (χ3v) is 1.82. The van der Waals surface area contributed by atoms with Gasteiger partial charge < -0.3 is 0 Å². The van der Waals surface area contributed by atoms with Crippen LogP contribution in [0, 0.1) is 19.2 Å². The van der Waals surface area contributed by atoms with Gasteiger partial charge in [0.05, 0.1) is 0 Å². The first-order chi connectivity index (χ1) is 5.69. The Morgan fingerprint density at radius 1 is 1.33 bits per heavy atom. The Morgan fingerprint density at radius 2 is 2.00 bits per heavy atom. The highest BCUT2D eigenvalue weighted by Crippen LogP contribution is 2.21. The first-order valence-corrected chi connectivity index (χ1v) is 3.60. The Bertz CT molecular complexity index is 364. The van der Waals surface area contributed by atoms with Gasteiger partial charge in [0.2, 0.25) is 5.39 Å². The van der Waals surface area contributed by atoms with Crippen molar-refractivity contribution in [2.75, 3.05) is 0 Å². The predicted molar refractivity (Wildman–Crippen MR) is 46.0 cm³/mol. The number of carbonyl (C=O) groups is 1. The van der Waals surface area contributed by atoms with E-state index in [4.69, 9.17) is 5.39 Å². The molecule has 0 heterocycles. The number of rotatable bonds is 1. The van der Waals surface area contributed by atoms with Crippen LogP contribution in [-0.4, -0.2) is 6.29 Å². The van der Waals surface area contributed by atoms with Gasteiger partial charge in [0.25, 0.3) is 0 Å². The number of aryl methyl sites for hydroxylation is 2. The maximum Gasteiger partial charge on any atom is 0.388 e. The van der Waals surface area contributed by atoms with Crippen LogP contribution in [0.15, 0.2) is 12.1 Å². The Kier molecular flexibility index (Phi) is 2.20. The number of aldehydes is 1. The zero-order chi connectivity index (χ0) is 9.14. The van der Waals surface area contributed by atoms with Crippen LogP contribution < -0.4 is 0 Å². The van der Waals surface area contributed by atoms with Gasteiger partial charge in [-0.1, -0.05) is 0 Å². The Labute approximate surface area is 70.6 Å². The summed E-state index contributed by atoms with van der Waals surface area (Å²) in [5.41, 5.74) is 2.77. The van der Waals surface area contributed by atoms with E-state index in [1.165, 1.54) is 0 Å². The highest BCUT2D eigenvalue weighted by atomic mass is 16.1. The zero-order valence-electron chi connectivity index (χ0n) is 7.03. The van der Waals surface area contributed by atoms with Crippen LogP contribution in [0.5, 0.6) is 0 Å². The second-order valence-electron chi connectivity index (χ2n) is 2.71. The van der Waals surface area contributed by atoms with Crippen LogP contribution >= 0.6 is 0 Å². The highest BCUT2D eigenvalue weighted by Gasteiger charge is 2.12. The summed E-state index contributed by atoms with van der Waals surface area (Å²) in [4.78, 5) is 13.6. The van der Waals surface area contributed by atoms with Gasteiger partial charge in [0, 0.05) is 17.2 Å². The van der Waals surface area contributed by atoms with E-state index in [9.17, 15) is 4.79 Å². The SMILES string of the molecule is Cc1cc([N+]#N)c(C)cc1C=O. The molecule has 0 unspecified atom stereocenters. The first kappa shape index (κ1) is 8.41. The summed E-state index contributed by atoms with van der Waals surface area (Å²) in [6, 6.07) is 3.39. The second kappa shape index (κ2) is 3.14. The Hall–Kier alpha value is -1.69. The minimum atomic E-state index is 0.512. The summed E-state index contributed by atoms with van der Waals surface area (Å²) < 4.78 is 0. The van der Waals surface area contributed by atoms with E-state index < -0.39 is 0 Å². The fraction of sp³-hybridized carbons (Fsp3) is 0.222. The average molecular weight is 161 g/mol. The lowest BCUT2D eigenvalue weighted by atomic mass is 10.1. The summed E-state index contributed by atoms with van der Waals surface area (Å²) >= 11 is 0. The third kappa shape index (κ3) is 1.32. The quantitative estimate of drug-likeness (QED) is 0.469. The third-order valence-electron chi connectivity index (χ3n) is 1.82. The molecule has 0 atom stereocenters. The molecule has 0 saturated heterocycles. The van der Waals surface area contributed by atoms with Crippen LogP contribution in [0.2, 0.25) is 0 Å². The number of hydrogen-bond acceptors (Lipinski definition) is 2. The van der Waals surface area contributed by atoms with Gasteiger partial charge in [-0.05, 0) is 25.5 Å². The minimum absolute atomic E-state index is 0.512. The lowest BCUT2D eigenvalue weighted by molar-refractivity contribution is 0.112. The van der Waals surface area contributed by atoms with E-state index in [1.807, 2.05) is 0 Å². The van der Waals surface area contributed by atoms with Gasteiger partial charge in [-0.3, -0.25) is 4.79 Å². The molecule has 3 nitrogen and oxygen atoms in total. The molecule has 3 heteroatoms. The summed E-state index contributed by atoms with van der Waals surface area (Å²) in [6.45, 7) is 3.60. The number of hydrogen-bond donors (Lipinski definition) is 0. The van der Waals surface area contributed by atoms with Crippen molar-refractivity contribution in [1.29, 1.82) is 5.39 Å². The summed E-state index contributed by atoms with van der Waals surface area (Å²) in [6.07, 6.45) is 0.795.